The van der Waals surface area contributed by atoms with E-state index in [9.17, 15) is 0 Å². The number of rotatable bonds is 5. The smallest absolute Gasteiger partial charge is 0.0888 e. The van der Waals surface area contributed by atoms with Gasteiger partial charge in [0, 0.05) is 16.3 Å². The minimum atomic E-state index is 0.235. The molecule has 0 radical (unpaired) electrons. The third-order valence-electron chi connectivity index (χ3n) is 3.78. The van der Waals surface area contributed by atoms with E-state index < -0.39 is 0 Å². The molecule has 2 unspecified atom stereocenters. The summed E-state index contributed by atoms with van der Waals surface area (Å²) in [6.45, 7) is 2.22. The SMILES string of the molecule is CC(CC1CS[C@@H](c2cccc3ccccc23)S1)SCO. The summed E-state index contributed by atoms with van der Waals surface area (Å²) in [6.07, 6.45) is 1.18. The van der Waals surface area contributed by atoms with Crippen LogP contribution >= 0.6 is 35.3 Å². The molecule has 3 atom stereocenters. The molecule has 0 saturated carbocycles. The Morgan fingerprint density at radius 2 is 2.05 bits per heavy atom. The molecular weight excluding hydrogens is 316 g/mol. The Morgan fingerprint density at radius 1 is 1.24 bits per heavy atom. The minimum absolute atomic E-state index is 0.235. The van der Waals surface area contributed by atoms with Crippen molar-refractivity contribution in [3.8, 4) is 0 Å². The van der Waals surface area contributed by atoms with Gasteiger partial charge in [-0.25, -0.2) is 0 Å². The van der Waals surface area contributed by atoms with Crippen LogP contribution in [-0.4, -0.2) is 27.3 Å². The number of thioether (sulfide) groups is 3. The first kappa shape index (κ1) is 15.6. The maximum absolute atomic E-state index is 9.01. The fourth-order valence-corrected chi connectivity index (χ4v) is 7.08. The molecule has 0 aromatic heterocycles. The Morgan fingerprint density at radius 3 is 2.90 bits per heavy atom. The normalized spacial score (nSPS) is 23.5. The topological polar surface area (TPSA) is 20.2 Å². The number of fused-ring (bicyclic) bond motifs is 1. The van der Waals surface area contributed by atoms with Gasteiger partial charge in [-0.1, -0.05) is 49.4 Å². The number of hydrogen-bond acceptors (Lipinski definition) is 4. The second-order valence-electron chi connectivity index (χ2n) is 5.33. The summed E-state index contributed by atoms with van der Waals surface area (Å²) in [5.41, 5.74) is 1.47. The molecule has 1 saturated heterocycles. The fraction of sp³-hybridized carbons (Fsp3) is 0.412. The van der Waals surface area contributed by atoms with Crippen molar-refractivity contribution in [1.29, 1.82) is 0 Å². The lowest BCUT2D eigenvalue weighted by Crippen LogP contribution is -2.09. The Balaban J connectivity index is 1.73. The first-order valence-corrected chi connectivity index (χ1v) is 10.3. The lowest BCUT2D eigenvalue weighted by atomic mass is 10.1. The summed E-state index contributed by atoms with van der Waals surface area (Å²) in [5, 5.41) is 13.0. The zero-order valence-electron chi connectivity index (χ0n) is 12.1. The molecule has 2 aromatic carbocycles. The Bertz CT molecular complexity index is 596. The molecule has 0 aliphatic carbocycles. The molecule has 0 bridgehead atoms. The van der Waals surface area contributed by atoms with Crippen LogP contribution in [0.5, 0.6) is 0 Å². The van der Waals surface area contributed by atoms with Crippen LogP contribution in [0.3, 0.4) is 0 Å². The molecule has 0 spiro atoms. The van der Waals surface area contributed by atoms with E-state index in [4.69, 9.17) is 5.11 Å². The van der Waals surface area contributed by atoms with Crippen LogP contribution in [0.1, 0.15) is 23.5 Å². The summed E-state index contributed by atoms with van der Waals surface area (Å²) in [4.78, 5) is 0. The molecule has 1 aliphatic rings. The third-order valence-corrected chi connectivity index (χ3v) is 8.04. The second kappa shape index (κ2) is 7.32. The first-order chi connectivity index (χ1) is 10.3. The molecule has 112 valence electrons. The molecule has 21 heavy (non-hydrogen) atoms. The minimum Gasteiger partial charge on any atom is -0.386 e. The highest BCUT2D eigenvalue weighted by Gasteiger charge is 2.29. The molecular formula is C17H20OS3. The summed E-state index contributed by atoms with van der Waals surface area (Å²) in [6, 6.07) is 15.3. The predicted molar refractivity (Wildman–Crippen MR) is 99.3 cm³/mol. The quantitative estimate of drug-likeness (QED) is 0.762. The van der Waals surface area contributed by atoms with Gasteiger partial charge >= 0.3 is 0 Å². The van der Waals surface area contributed by atoms with Crippen LogP contribution in [0.25, 0.3) is 10.8 Å². The molecule has 1 nitrogen and oxygen atoms in total. The van der Waals surface area contributed by atoms with E-state index >= 15 is 0 Å². The Kier molecular flexibility index (Phi) is 5.43. The molecule has 3 rings (SSSR count). The average molecular weight is 337 g/mol. The highest BCUT2D eigenvalue weighted by atomic mass is 32.2. The van der Waals surface area contributed by atoms with Gasteiger partial charge in [-0.05, 0) is 22.8 Å². The van der Waals surface area contributed by atoms with E-state index in [0.29, 0.717) is 15.1 Å². The van der Waals surface area contributed by atoms with Crippen molar-refractivity contribution in [1.82, 2.24) is 0 Å². The maximum Gasteiger partial charge on any atom is 0.0888 e. The van der Waals surface area contributed by atoms with Gasteiger partial charge in [-0.15, -0.1) is 35.3 Å². The number of aliphatic hydroxyl groups excluding tert-OH is 1. The van der Waals surface area contributed by atoms with Crippen molar-refractivity contribution < 1.29 is 5.11 Å². The molecule has 0 amide bonds. The molecule has 4 heteroatoms. The summed E-state index contributed by atoms with van der Waals surface area (Å²) < 4.78 is 0.549. The van der Waals surface area contributed by atoms with Gasteiger partial charge < -0.3 is 5.11 Å². The van der Waals surface area contributed by atoms with Crippen molar-refractivity contribution >= 4 is 46.1 Å². The highest BCUT2D eigenvalue weighted by Crippen LogP contribution is 2.52. The zero-order chi connectivity index (χ0) is 14.7. The Labute approximate surface area is 139 Å². The van der Waals surface area contributed by atoms with Gasteiger partial charge in [-0.3, -0.25) is 0 Å². The third kappa shape index (κ3) is 3.73. The average Bonchev–Trinajstić information content (AvgIpc) is 2.95. The van der Waals surface area contributed by atoms with E-state index in [1.807, 2.05) is 0 Å². The monoisotopic (exact) mass is 336 g/mol. The van der Waals surface area contributed by atoms with Gasteiger partial charge in [0.2, 0.25) is 0 Å². The molecule has 1 heterocycles. The summed E-state index contributed by atoms with van der Waals surface area (Å²) in [5.74, 6) is 1.45. The molecule has 1 aliphatic heterocycles. The lowest BCUT2D eigenvalue weighted by Gasteiger charge is -2.15. The van der Waals surface area contributed by atoms with Gasteiger partial charge in [0.25, 0.3) is 0 Å². The van der Waals surface area contributed by atoms with Crippen molar-refractivity contribution in [3.63, 3.8) is 0 Å². The summed E-state index contributed by atoms with van der Waals surface area (Å²) >= 11 is 5.82. The van der Waals surface area contributed by atoms with Crippen molar-refractivity contribution in [2.45, 2.75) is 28.4 Å². The predicted octanol–water partition coefficient (Wildman–Crippen LogP) is 5.15. The fourth-order valence-electron chi connectivity index (χ4n) is 2.76. The van der Waals surface area contributed by atoms with Crippen molar-refractivity contribution in [3.05, 3.63) is 48.0 Å². The first-order valence-electron chi connectivity index (χ1n) is 7.25. The second-order valence-corrected chi connectivity index (χ2v) is 9.58. The summed E-state index contributed by atoms with van der Waals surface area (Å²) in [7, 11) is 0. The van der Waals surface area contributed by atoms with E-state index in [0.717, 1.165) is 0 Å². The van der Waals surface area contributed by atoms with Crippen LogP contribution in [-0.2, 0) is 0 Å². The molecule has 1 N–H and O–H groups in total. The standard InChI is InChI=1S/C17H20OS3/c1-12(20-11-18)9-14-10-19-17(21-14)16-8-4-6-13-5-2-3-7-15(13)16/h2-8,12,14,17-18H,9-11H2,1H3/t12?,14?,17-/m1/s1. The highest BCUT2D eigenvalue weighted by molar-refractivity contribution is 8.19. The van der Waals surface area contributed by atoms with Crippen LogP contribution in [0.15, 0.2) is 42.5 Å². The molecule has 2 aromatic rings. The van der Waals surface area contributed by atoms with Gasteiger partial charge in [0.15, 0.2) is 0 Å². The van der Waals surface area contributed by atoms with Gasteiger partial charge in [0.1, 0.15) is 0 Å². The number of aliphatic hydroxyl groups is 1. The lowest BCUT2D eigenvalue weighted by molar-refractivity contribution is 0.374. The maximum atomic E-state index is 9.01. The van der Waals surface area contributed by atoms with Gasteiger partial charge in [0.05, 0.1) is 10.5 Å². The van der Waals surface area contributed by atoms with Crippen LogP contribution in [0, 0.1) is 0 Å². The van der Waals surface area contributed by atoms with Crippen LogP contribution in [0.4, 0.5) is 0 Å². The van der Waals surface area contributed by atoms with E-state index in [1.54, 1.807) is 11.8 Å². The zero-order valence-corrected chi connectivity index (χ0v) is 14.5. The van der Waals surface area contributed by atoms with Crippen LogP contribution < -0.4 is 0 Å². The number of benzene rings is 2. The van der Waals surface area contributed by atoms with Gasteiger partial charge in [-0.2, -0.15) is 0 Å². The van der Waals surface area contributed by atoms with Crippen LogP contribution in [0.2, 0.25) is 0 Å². The number of hydrogen-bond donors (Lipinski definition) is 1. The Hall–Kier alpha value is -0.290. The molecule has 1 fully saturated rings. The van der Waals surface area contributed by atoms with E-state index in [2.05, 4.69) is 72.9 Å². The largest absolute Gasteiger partial charge is 0.386 e. The van der Waals surface area contributed by atoms with Crippen molar-refractivity contribution in [2.24, 2.45) is 0 Å². The van der Waals surface area contributed by atoms with E-state index in [-0.39, 0.29) is 5.94 Å². The van der Waals surface area contributed by atoms with E-state index in [1.165, 1.54) is 28.5 Å². The van der Waals surface area contributed by atoms with Crippen molar-refractivity contribution in [2.75, 3.05) is 11.7 Å².